The van der Waals surface area contributed by atoms with Crippen molar-refractivity contribution in [3.63, 3.8) is 0 Å². The van der Waals surface area contributed by atoms with Crippen LogP contribution in [0.4, 0.5) is 5.82 Å². The second kappa shape index (κ2) is 4.48. The van der Waals surface area contributed by atoms with E-state index in [0.29, 0.717) is 5.82 Å². The Kier molecular flexibility index (Phi) is 3.04. The number of hydrogen-bond acceptors (Lipinski definition) is 5. The number of nitrogens with zero attached hydrogens (tertiary/aromatic N) is 4. The molecule has 0 aliphatic carbocycles. The van der Waals surface area contributed by atoms with E-state index in [4.69, 9.17) is 11.5 Å². The van der Waals surface area contributed by atoms with E-state index in [9.17, 15) is 4.79 Å². The highest BCUT2D eigenvalue weighted by atomic mass is 16.2. The van der Waals surface area contributed by atoms with E-state index in [-0.39, 0.29) is 18.5 Å². The van der Waals surface area contributed by atoms with Gasteiger partial charge in [-0.15, -0.1) is 5.10 Å². The summed E-state index contributed by atoms with van der Waals surface area (Å²) in [7, 11) is 0. The summed E-state index contributed by atoms with van der Waals surface area (Å²) < 4.78 is 0. The van der Waals surface area contributed by atoms with Crippen molar-refractivity contribution < 1.29 is 4.79 Å². The molecule has 1 aromatic rings. The number of nitrogens with two attached hydrogens (primary N) is 2. The van der Waals surface area contributed by atoms with Gasteiger partial charge in [0.15, 0.2) is 5.82 Å². The predicted octanol–water partition coefficient (Wildman–Crippen LogP) is -1.19. The van der Waals surface area contributed by atoms with Crippen LogP contribution in [0.2, 0.25) is 0 Å². The number of hydrogen-bond donors (Lipinski definition) is 2. The average molecular weight is 224 g/mol. The lowest BCUT2D eigenvalue weighted by molar-refractivity contribution is -0.133. The molecule has 0 atom stereocenters. The van der Waals surface area contributed by atoms with E-state index in [1.165, 1.54) is 11.0 Å². The van der Waals surface area contributed by atoms with Crippen molar-refractivity contribution in [2.75, 3.05) is 18.8 Å². The van der Waals surface area contributed by atoms with Gasteiger partial charge >= 0.3 is 0 Å². The minimum absolute atomic E-state index is 0.0162. The van der Waals surface area contributed by atoms with Gasteiger partial charge in [0.2, 0.25) is 5.91 Å². The number of aromatic nitrogens is 3. The monoisotopic (exact) mass is 224 g/mol. The Bertz CT molecular complexity index is 368. The van der Waals surface area contributed by atoms with Gasteiger partial charge in [0.25, 0.3) is 0 Å². The van der Waals surface area contributed by atoms with Crippen LogP contribution >= 0.6 is 0 Å². The molecule has 1 fully saturated rings. The van der Waals surface area contributed by atoms with Gasteiger partial charge in [0.1, 0.15) is 6.54 Å². The quantitative estimate of drug-likeness (QED) is 0.657. The molecule has 2 rings (SSSR count). The maximum atomic E-state index is 11.8. The second-order valence-electron chi connectivity index (χ2n) is 4.02. The number of rotatable bonds is 2. The largest absolute Gasteiger partial charge is 0.381 e. The molecule has 0 unspecified atom stereocenters. The van der Waals surface area contributed by atoms with Crippen molar-refractivity contribution in [1.82, 2.24) is 19.9 Å². The van der Waals surface area contributed by atoms with Crippen LogP contribution in [0.3, 0.4) is 0 Å². The fraction of sp³-hybridized carbons (Fsp3) is 0.667. The second-order valence-corrected chi connectivity index (χ2v) is 4.02. The third-order valence-corrected chi connectivity index (χ3v) is 2.72. The maximum Gasteiger partial charge on any atom is 0.246 e. The summed E-state index contributed by atoms with van der Waals surface area (Å²) in [6, 6.07) is 0.225. The number of carbonyl (C=O) groups is 1. The summed E-state index contributed by atoms with van der Waals surface area (Å²) in [6.45, 7) is 1.58. The van der Waals surface area contributed by atoms with Crippen LogP contribution in [-0.2, 0) is 11.3 Å². The van der Waals surface area contributed by atoms with Crippen LogP contribution in [0.15, 0.2) is 6.20 Å². The van der Waals surface area contributed by atoms with Gasteiger partial charge in [0, 0.05) is 19.1 Å². The highest BCUT2D eigenvalue weighted by molar-refractivity contribution is 5.75. The standard InChI is InChI=1S/C9H16N6O/c10-7-1-3-14(4-2-7)9(16)6-15-12-5-8(11)13-15/h5,7H,1-4,6,10H2,(H2,11,13). The van der Waals surface area contributed by atoms with Crippen LogP contribution in [-0.4, -0.2) is 44.9 Å². The molecule has 1 amide bonds. The summed E-state index contributed by atoms with van der Waals surface area (Å²) >= 11 is 0. The van der Waals surface area contributed by atoms with Gasteiger partial charge in [-0.2, -0.15) is 9.90 Å². The molecule has 7 heteroatoms. The van der Waals surface area contributed by atoms with E-state index >= 15 is 0 Å². The first kappa shape index (κ1) is 10.9. The number of amides is 1. The van der Waals surface area contributed by atoms with Gasteiger partial charge in [-0.3, -0.25) is 4.79 Å². The summed E-state index contributed by atoms with van der Waals surface area (Å²) in [5.74, 6) is 0.343. The van der Waals surface area contributed by atoms with Gasteiger partial charge in [-0.1, -0.05) is 0 Å². The maximum absolute atomic E-state index is 11.8. The third-order valence-electron chi connectivity index (χ3n) is 2.72. The summed E-state index contributed by atoms with van der Waals surface area (Å²) in [5, 5.41) is 7.75. The smallest absolute Gasteiger partial charge is 0.246 e. The number of piperidine rings is 1. The fourth-order valence-electron chi connectivity index (χ4n) is 1.76. The number of anilines is 1. The Balaban J connectivity index is 1.88. The highest BCUT2D eigenvalue weighted by Crippen LogP contribution is 2.08. The van der Waals surface area contributed by atoms with E-state index < -0.39 is 0 Å². The van der Waals surface area contributed by atoms with E-state index in [1.807, 2.05) is 0 Å². The van der Waals surface area contributed by atoms with Crippen LogP contribution in [0, 0.1) is 0 Å². The third kappa shape index (κ3) is 2.48. The van der Waals surface area contributed by atoms with Crippen molar-refractivity contribution in [1.29, 1.82) is 0 Å². The van der Waals surface area contributed by atoms with E-state index in [1.54, 1.807) is 4.90 Å². The van der Waals surface area contributed by atoms with Crippen molar-refractivity contribution in [3.8, 4) is 0 Å². The normalized spacial score (nSPS) is 17.7. The fourth-order valence-corrected chi connectivity index (χ4v) is 1.76. The summed E-state index contributed by atoms with van der Waals surface area (Å²) in [6.07, 6.45) is 3.15. The molecule has 0 bridgehead atoms. The zero-order valence-corrected chi connectivity index (χ0v) is 9.04. The van der Waals surface area contributed by atoms with Crippen molar-refractivity contribution in [2.45, 2.75) is 25.4 Å². The SMILES string of the molecule is Nc1cnn(CC(=O)N2CCC(N)CC2)n1. The topological polar surface area (TPSA) is 103 Å². The molecule has 0 aromatic carbocycles. The minimum Gasteiger partial charge on any atom is -0.381 e. The molecule has 88 valence electrons. The van der Waals surface area contributed by atoms with Gasteiger partial charge in [-0.25, -0.2) is 0 Å². The molecule has 7 nitrogen and oxygen atoms in total. The molecule has 4 N–H and O–H groups in total. The van der Waals surface area contributed by atoms with Gasteiger partial charge in [0.05, 0.1) is 6.20 Å². The molecule has 0 radical (unpaired) electrons. The van der Waals surface area contributed by atoms with Crippen LogP contribution in [0.5, 0.6) is 0 Å². The molecule has 2 heterocycles. The zero-order valence-electron chi connectivity index (χ0n) is 9.04. The molecule has 1 aliphatic rings. The molecular formula is C9H16N6O. The number of carbonyl (C=O) groups excluding carboxylic acids is 1. The molecule has 1 aromatic heterocycles. The molecule has 0 spiro atoms. The molecular weight excluding hydrogens is 208 g/mol. The zero-order chi connectivity index (χ0) is 11.5. The average Bonchev–Trinajstić information content (AvgIpc) is 2.65. The molecule has 16 heavy (non-hydrogen) atoms. The first-order valence-electron chi connectivity index (χ1n) is 5.34. The number of nitrogen functional groups attached to an aromatic ring is 1. The van der Waals surface area contributed by atoms with Crippen LogP contribution in [0.25, 0.3) is 0 Å². The van der Waals surface area contributed by atoms with Crippen molar-refractivity contribution >= 4 is 11.7 Å². The Morgan fingerprint density at radius 1 is 1.50 bits per heavy atom. The molecule has 1 aliphatic heterocycles. The first-order valence-corrected chi connectivity index (χ1v) is 5.34. The molecule has 1 saturated heterocycles. The lowest BCUT2D eigenvalue weighted by atomic mass is 10.1. The van der Waals surface area contributed by atoms with Gasteiger partial charge < -0.3 is 16.4 Å². The lowest BCUT2D eigenvalue weighted by Crippen LogP contribution is -2.44. The lowest BCUT2D eigenvalue weighted by Gasteiger charge is -2.29. The Hall–Kier alpha value is -1.63. The Morgan fingerprint density at radius 3 is 2.75 bits per heavy atom. The Morgan fingerprint density at radius 2 is 2.19 bits per heavy atom. The Labute approximate surface area is 93.4 Å². The summed E-state index contributed by atoms with van der Waals surface area (Å²) in [5.41, 5.74) is 11.2. The van der Waals surface area contributed by atoms with E-state index in [0.717, 1.165) is 25.9 Å². The minimum atomic E-state index is 0.0162. The van der Waals surface area contributed by atoms with Crippen LogP contribution in [0.1, 0.15) is 12.8 Å². The predicted molar refractivity (Wildman–Crippen MR) is 58.2 cm³/mol. The van der Waals surface area contributed by atoms with Gasteiger partial charge in [-0.05, 0) is 12.8 Å². The van der Waals surface area contributed by atoms with Crippen LogP contribution < -0.4 is 11.5 Å². The summed E-state index contributed by atoms with van der Waals surface area (Å²) in [4.78, 5) is 14.9. The highest BCUT2D eigenvalue weighted by Gasteiger charge is 2.20. The molecule has 0 saturated carbocycles. The first-order chi connectivity index (χ1) is 7.65. The number of likely N-dealkylation sites (tertiary alicyclic amines) is 1. The van der Waals surface area contributed by atoms with E-state index in [2.05, 4.69) is 10.2 Å². The van der Waals surface area contributed by atoms with Crippen molar-refractivity contribution in [2.24, 2.45) is 5.73 Å². The van der Waals surface area contributed by atoms with Crippen molar-refractivity contribution in [3.05, 3.63) is 6.20 Å².